The smallest absolute Gasteiger partial charge is 0.135 e. The van der Waals surface area contributed by atoms with Gasteiger partial charge in [0.15, 0.2) is 0 Å². The summed E-state index contributed by atoms with van der Waals surface area (Å²) in [7, 11) is 0. The summed E-state index contributed by atoms with van der Waals surface area (Å²) in [5, 5.41) is 4.20. The Bertz CT molecular complexity index is 2970. The Morgan fingerprint density at radius 1 is 0.679 bits per heavy atom. The Balaban J connectivity index is 0.00000410. The molecule has 3 aromatic heterocycles. The number of benzene rings is 6. The fraction of sp³-hybridized carbons (Fsp3) is 0.143. The van der Waals surface area contributed by atoms with Crippen LogP contribution in [0.15, 0.2) is 126 Å². The van der Waals surface area contributed by atoms with Crippen molar-refractivity contribution in [3.63, 3.8) is 0 Å². The van der Waals surface area contributed by atoms with E-state index in [1.54, 1.807) is 0 Å². The van der Waals surface area contributed by atoms with Gasteiger partial charge in [-0.3, -0.25) is 0 Å². The monoisotopic (exact) mass is 910 g/mol. The van der Waals surface area contributed by atoms with Crippen molar-refractivity contribution in [1.29, 1.82) is 0 Å². The van der Waals surface area contributed by atoms with E-state index in [2.05, 4.69) is 160 Å². The van der Waals surface area contributed by atoms with Crippen molar-refractivity contribution in [2.24, 2.45) is 0 Å². The molecule has 0 aliphatic carbocycles. The number of anilines is 4. The molecule has 0 radical (unpaired) electrons. The van der Waals surface area contributed by atoms with Crippen LogP contribution in [0.2, 0.25) is 0 Å². The van der Waals surface area contributed by atoms with Gasteiger partial charge in [0.05, 0.1) is 0 Å². The molecule has 0 unspecified atom stereocenters. The van der Waals surface area contributed by atoms with E-state index in [-0.39, 0.29) is 26.5 Å². The van der Waals surface area contributed by atoms with Gasteiger partial charge >= 0.3 is 0 Å². The van der Waals surface area contributed by atoms with Gasteiger partial charge in [0.2, 0.25) is 0 Å². The minimum atomic E-state index is -0.0284. The molecule has 280 valence electrons. The molecule has 1 aliphatic rings. The minimum Gasteiger partial charge on any atom is -0.509 e. The summed E-state index contributed by atoms with van der Waals surface area (Å²) >= 11 is 0. The summed E-state index contributed by atoms with van der Waals surface area (Å²) in [5.74, 6) is 1.94. The number of pyridine rings is 1. The predicted octanol–water partition coefficient (Wildman–Crippen LogP) is 13.1. The molecule has 7 heteroatoms. The normalized spacial score (nSPS) is 12.9. The number of furan rings is 1. The number of rotatable bonds is 5. The second-order valence-corrected chi connectivity index (χ2v) is 15.6. The average Bonchev–Trinajstić information content (AvgIpc) is 3.84. The van der Waals surface area contributed by atoms with Crippen LogP contribution in [0.5, 0.6) is 11.5 Å². The van der Waals surface area contributed by atoms with Gasteiger partial charge in [-0.05, 0) is 90.0 Å². The fourth-order valence-electron chi connectivity index (χ4n) is 8.30. The van der Waals surface area contributed by atoms with Crippen LogP contribution >= 0.6 is 0 Å². The van der Waals surface area contributed by atoms with E-state index >= 15 is 0 Å². The SMILES string of the molecule is Cc1cc(C)c(N2[CH-]N(c3[c-]c(Oc4[c-]c5c(cc4)c4ccccc4n5-c4cc(C(C)(C)C)ccn4)cc4oc5ccccc5c34)c3ccccc32)c(C)c1.[Pt]. The van der Waals surface area contributed by atoms with Gasteiger partial charge in [0.1, 0.15) is 11.4 Å². The molecule has 0 N–H and O–H groups in total. The molecular formula is C49H39N4O2Pt-3. The molecule has 4 heterocycles. The standard InChI is InChI=1S/C49H39N4O2.Pt/c1-30-23-31(2)48(32(3)24-30)52-29-51(40-16-10-11-17-41(40)52)43-27-35(28-45-47(43)38-14-8-12-18-44(38)55-45)54-34-19-20-37-36-13-7-9-15-39(36)53(42(37)26-34)46-25-33(21-22-50-46)49(4,5)6;/h7-25,28-29H,1-6H3;/q-3;. The summed E-state index contributed by atoms with van der Waals surface area (Å²) < 4.78 is 15.5. The zero-order chi connectivity index (χ0) is 37.6. The van der Waals surface area contributed by atoms with Crippen LogP contribution < -0.4 is 14.5 Å². The molecule has 0 saturated heterocycles. The van der Waals surface area contributed by atoms with E-state index in [4.69, 9.17) is 14.1 Å². The first-order valence-electron chi connectivity index (χ1n) is 18.7. The third-order valence-electron chi connectivity index (χ3n) is 10.7. The van der Waals surface area contributed by atoms with Crippen molar-refractivity contribution >= 4 is 66.5 Å². The molecular weight excluding hydrogens is 872 g/mol. The Labute approximate surface area is 341 Å². The molecule has 0 spiro atoms. The molecule has 0 fully saturated rings. The molecule has 0 atom stereocenters. The predicted molar refractivity (Wildman–Crippen MR) is 224 cm³/mol. The first-order valence-corrected chi connectivity index (χ1v) is 18.7. The number of aromatic nitrogens is 2. The third-order valence-corrected chi connectivity index (χ3v) is 10.7. The maximum atomic E-state index is 6.75. The fourth-order valence-corrected chi connectivity index (χ4v) is 8.30. The largest absolute Gasteiger partial charge is 0.509 e. The van der Waals surface area contributed by atoms with E-state index in [0.29, 0.717) is 11.5 Å². The maximum Gasteiger partial charge on any atom is 0.135 e. The van der Waals surface area contributed by atoms with Gasteiger partial charge in [0, 0.05) is 66.9 Å². The van der Waals surface area contributed by atoms with Gasteiger partial charge in [-0.2, -0.15) is 6.07 Å². The molecule has 6 nitrogen and oxygen atoms in total. The maximum absolute atomic E-state index is 6.75. The topological polar surface area (TPSA) is 46.7 Å². The van der Waals surface area contributed by atoms with Crippen LogP contribution in [-0.4, -0.2) is 9.55 Å². The zero-order valence-corrected chi connectivity index (χ0v) is 34.3. The third kappa shape index (κ3) is 5.78. The van der Waals surface area contributed by atoms with Gasteiger partial charge < -0.3 is 23.5 Å². The van der Waals surface area contributed by atoms with E-state index in [1.807, 2.05) is 36.5 Å². The number of aryl methyl sites for hydroxylation is 3. The molecule has 10 rings (SSSR count). The van der Waals surface area contributed by atoms with Crippen LogP contribution in [0.1, 0.15) is 43.0 Å². The quantitative estimate of drug-likeness (QED) is 0.161. The van der Waals surface area contributed by atoms with Crippen molar-refractivity contribution in [2.75, 3.05) is 9.80 Å². The van der Waals surface area contributed by atoms with Gasteiger partial charge in [-0.1, -0.05) is 110 Å². The van der Waals surface area contributed by atoms with E-state index in [9.17, 15) is 0 Å². The molecule has 9 aromatic rings. The van der Waals surface area contributed by atoms with Crippen molar-refractivity contribution < 1.29 is 30.2 Å². The first kappa shape index (κ1) is 35.8. The van der Waals surface area contributed by atoms with Crippen molar-refractivity contribution in [3.05, 3.63) is 163 Å². The van der Waals surface area contributed by atoms with Crippen LogP contribution in [0.25, 0.3) is 49.6 Å². The van der Waals surface area contributed by atoms with Crippen LogP contribution in [0.3, 0.4) is 0 Å². The van der Waals surface area contributed by atoms with E-state index < -0.39 is 0 Å². The molecule has 0 amide bonds. The van der Waals surface area contributed by atoms with Crippen molar-refractivity contribution in [1.82, 2.24) is 9.55 Å². The number of ether oxygens (including phenoxy) is 1. The average molecular weight is 911 g/mol. The Hall–Kier alpha value is -5.84. The molecule has 6 aromatic carbocycles. The molecule has 56 heavy (non-hydrogen) atoms. The molecule has 0 saturated carbocycles. The van der Waals surface area contributed by atoms with Gasteiger partial charge in [-0.15, -0.1) is 30.3 Å². The number of nitrogens with zero attached hydrogens (tertiary/aromatic N) is 4. The number of para-hydroxylation sites is 4. The minimum absolute atomic E-state index is 0. The Morgan fingerprint density at radius 2 is 1.38 bits per heavy atom. The summed E-state index contributed by atoms with van der Waals surface area (Å²) in [6, 6.07) is 47.2. The van der Waals surface area contributed by atoms with Crippen LogP contribution in [0.4, 0.5) is 22.7 Å². The first-order chi connectivity index (χ1) is 26.6. The Morgan fingerprint density at radius 3 is 2.14 bits per heavy atom. The van der Waals surface area contributed by atoms with Crippen molar-refractivity contribution in [2.45, 2.75) is 47.0 Å². The molecule has 0 bridgehead atoms. The number of fused-ring (bicyclic) bond motifs is 7. The summed E-state index contributed by atoms with van der Waals surface area (Å²) in [6.07, 6.45) is 1.89. The summed E-state index contributed by atoms with van der Waals surface area (Å²) in [6.45, 7) is 15.3. The molecule has 1 aliphatic heterocycles. The van der Waals surface area contributed by atoms with E-state index in [1.165, 1.54) is 27.9 Å². The summed E-state index contributed by atoms with van der Waals surface area (Å²) in [4.78, 5) is 9.35. The van der Waals surface area contributed by atoms with E-state index in [0.717, 1.165) is 66.6 Å². The Kier molecular flexibility index (Phi) is 8.59. The van der Waals surface area contributed by atoms with Crippen LogP contribution in [-0.2, 0) is 26.5 Å². The van der Waals surface area contributed by atoms with Crippen molar-refractivity contribution in [3.8, 4) is 17.3 Å². The zero-order valence-electron chi connectivity index (χ0n) is 32.0. The number of hydrogen-bond donors (Lipinski definition) is 0. The second kappa shape index (κ2) is 13.4. The second-order valence-electron chi connectivity index (χ2n) is 15.6. The van der Waals surface area contributed by atoms with Gasteiger partial charge in [-0.25, -0.2) is 4.98 Å². The van der Waals surface area contributed by atoms with Gasteiger partial charge in [0.25, 0.3) is 0 Å². The van der Waals surface area contributed by atoms with Crippen LogP contribution in [0, 0.1) is 39.6 Å². The number of hydrogen-bond acceptors (Lipinski definition) is 5. The summed E-state index contributed by atoms with van der Waals surface area (Å²) in [5.41, 5.74) is 12.5.